The predicted molar refractivity (Wildman–Crippen MR) is 115 cm³/mol. The minimum atomic E-state index is -4.58. The fraction of sp³-hybridized carbons (Fsp3) is 0.100. The smallest absolute Gasteiger partial charge is 0.179 e. The monoisotopic (exact) mass is 454 g/mol. The summed E-state index contributed by atoms with van der Waals surface area (Å²) in [6.45, 7) is 0. The lowest BCUT2D eigenvalue weighted by Gasteiger charge is -2.11. The molecule has 5 nitrogen and oxygen atoms in total. The Morgan fingerprint density at radius 3 is 1.38 bits per heavy atom. The molecular formula is C20H20FO5PS2. The Balaban J connectivity index is 0.000000438. The molecule has 0 aliphatic carbocycles. The Kier molecular flexibility index (Phi) is 8.05. The molecule has 9 heteroatoms. The lowest BCUT2D eigenvalue weighted by molar-refractivity contribution is 0.431. The molecule has 0 unspecified atom stereocenters. The molecule has 3 aromatic carbocycles. The number of halogens is 1. The lowest BCUT2D eigenvalue weighted by atomic mass is 10.3. The minimum Gasteiger partial charge on any atom is -0.746 e. The van der Waals surface area contributed by atoms with E-state index < -0.39 is 33.9 Å². The Bertz CT molecular complexity index is 1080. The third-order valence-electron chi connectivity index (χ3n) is 3.83. The predicted octanol–water partition coefficient (Wildman–Crippen LogP) is 2.04. The first kappa shape index (κ1) is 23.2. The highest BCUT2D eigenvalue weighted by Crippen LogP contribution is 2.32. The van der Waals surface area contributed by atoms with Gasteiger partial charge in [-0.2, -0.15) is 0 Å². The second kappa shape index (κ2) is 10.1. The van der Waals surface area contributed by atoms with Crippen molar-refractivity contribution in [3.8, 4) is 0 Å². The van der Waals surface area contributed by atoms with E-state index in [4.69, 9.17) is 13.0 Å². The van der Waals surface area contributed by atoms with Gasteiger partial charge in [0, 0.05) is 6.26 Å². The summed E-state index contributed by atoms with van der Waals surface area (Å²) >= 11 is 0. The quantitative estimate of drug-likeness (QED) is 0.435. The Hall–Kier alpha value is -2.12. The summed E-state index contributed by atoms with van der Waals surface area (Å²) in [5.74, 6) is 0. The van der Waals surface area contributed by atoms with Crippen LogP contribution in [0.3, 0.4) is 0 Å². The van der Waals surface area contributed by atoms with Crippen LogP contribution in [0.4, 0.5) is 4.39 Å². The molecule has 0 N–H and O–H groups in total. The van der Waals surface area contributed by atoms with Gasteiger partial charge in [0.2, 0.25) is 0 Å². The van der Waals surface area contributed by atoms with Crippen LogP contribution in [0.15, 0.2) is 89.8 Å². The summed E-state index contributed by atoms with van der Waals surface area (Å²) in [6, 6.07) is 26.3. The average Bonchev–Trinajstić information content (AvgIpc) is 2.70. The van der Waals surface area contributed by atoms with E-state index in [1.807, 2.05) is 48.5 Å². The highest BCUT2D eigenvalue weighted by Gasteiger charge is 2.25. The molecule has 0 heterocycles. The number of rotatable bonds is 5. The van der Waals surface area contributed by atoms with Crippen LogP contribution >= 0.6 is 7.92 Å². The molecule has 0 spiro atoms. The molecule has 3 aromatic rings. The van der Waals surface area contributed by atoms with E-state index in [0.29, 0.717) is 4.90 Å². The number of hydrogen-bond donors (Lipinski definition) is 0. The Morgan fingerprint density at radius 2 is 1.07 bits per heavy atom. The van der Waals surface area contributed by atoms with Crippen LogP contribution in [0.25, 0.3) is 0 Å². The van der Waals surface area contributed by atoms with Crippen molar-refractivity contribution in [2.24, 2.45) is 0 Å². The van der Waals surface area contributed by atoms with Gasteiger partial charge < -0.3 is 4.55 Å². The molecule has 0 amide bonds. The van der Waals surface area contributed by atoms with E-state index in [1.54, 1.807) is 12.1 Å². The van der Waals surface area contributed by atoms with Crippen molar-refractivity contribution >= 4 is 43.8 Å². The molecule has 0 aliphatic heterocycles. The number of sulfone groups is 1. The summed E-state index contributed by atoms with van der Waals surface area (Å²) in [4.78, 5) is 0.365. The van der Waals surface area contributed by atoms with E-state index in [-0.39, 0.29) is 0 Å². The largest absolute Gasteiger partial charge is 0.746 e. The molecule has 0 aliphatic rings. The minimum absolute atomic E-state index is 0.365. The van der Waals surface area contributed by atoms with Crippen LogP contribution in [-0.4, -0.2) is 33.7 Å². The summed E-state index contributed by atoms with van der Waals surface area (Å²) < 4.78 is 61.1. The maximum Gasteiger partial charge on any atom is 0.179 e. The molecule has 0 bridgehead atoms. The van der Waals surface area contributed by atoms with Gasteiger partial charge in [0.25, 0.3) is 0 Å². The molecule has 0 saturated heterocycles. The van der Waals surface area contributed by atoms with Crippen LogP contribution in [0.1, 0.15) is 0 Å². The van der Waals surface area contributed by atoms with Crippen molar-refractivity contribution in [2.75, 3.05) is 12.3 Å². The van der Waals surface area contributed by atoms with E-state index in [1.165, 1.54) is 22.2 Å². The van der Waals surface area contributed by atoms with Gasteiger partial charge in [-0.15, -0.1) is 0 Å². The first-order valence-corrected chi connectivity index (χ1v) is 13.4. The van der Waals surface area contributed by atoms with Crippen molar-refractivity contribution in [1.29, 1.82) is 0 Å². The third-order valence-corrected chi connectivity index (χ3v) is 7.96. The average molecular weight is 454 g/mol. The van der Waals surface area contributed by atoms with Gasteiger partial charge in [-0.1, -0.05) is 36.4 Å². The normalized spacial score (nSPS) is 11.6. The van der Waals surface area contributed by atoms with E-state index in [2.05, 4.69) is 24.3 Å². The second-order valence-corrected chi connectivity index (χ2v) is 11.9. The van der Waals surface area contributed by atoms with Crippen LogP contribution in [-0.2, 0) is 20.0 Å². The fourth-order valence-electron chi connectivity index (χ4n) is 2.58. The fourth-order valence-corrected chi connectivity index (χ4v) is 5.76. The van der Waals surface area contributed by atoms with Gasteiger partial charge >= 0.3 is 0 Å². The molecular weight excluding hydrogens is 434 g/mol. The van der Waals surface area contributed by atoms with Crippen molar-refractivity contribution in [3.63, 3.8) is 0 Å². The highest BCUT2D eigenvalue weighted by atomic mass is 32.2. The van der Waals surface area contributed by atoms with Gasteiger partial charge in [0.1, 0.15) is 26.0 Å². The van der Waals surface area contributed by atoms with E-state index in [0.717, 1.165) is 0 Å². The first-order chi connectivity index (χ1) is 13.6. The van der Waals surface area contributed by atoms with Crippen molar-refractivity contribution < 1.29 is 25.8 Å². The van der Waals surface area contributed by atoms with Crippen molar-refractivity contribution in [1.82, 2.24) is 0 Å². The van der Waals surface area contributed by atoms with Gasteiger partial charge in [-0.25, -0.2) is 21.2 Å². The third kappa shape index (κ3) is 7.33. The summed E-state index contributed by atoms with van der Waals surface area (Å²) in [7, 11) is -8.88. The standard InChI is InChI=1S/C19H17O2PS.CH3FO3S/c1-23(20,21)19-14-12-18(13-15-19)22(16-8-4-2-5-9-16)17-10-6-3-7-11-17;2-1-6(3,4)5/h2-15H,1H3;1H2,(H,3,4,5). The summed E-state index contributed by atoms with van der Waals surface area (Å²) in [5, 5.41) is 3.76. The van der Waals surface area contributed by atoms with Crippen LogP contribution in [0.5, 0.6) is 0 Å². The van der Waals surface area contributed by atoms with Gasteiger partial charge in [-0.3, -0.25) is 0 Å². The van der Waals surface area contributed by atoms with E-state index >= 15 is 0 Å². The zero-order valence-electron chi connectivity index (χ0n) is 15.5. The van der Waals surface area contributed by atoms with Crippen LogP contribution in [0.2, 0.25) is 0 Å². The zero-order chi connectivity index (χ0) is 21.5. The number of hydrogen-bond acceptors (Lipinski definition) is 5. The molecule has 0 atom stereocenters. The molecule has 0 saturated carbocycles. The van der Waals surface area contributed by atoms with Gasteiger partial charge in [0.05, 0.1) is 12.8 Å². The summed E-state index contributed by atoms with van der Waals surface area (Å²) in [6.07, 6.45) is 1.24. The summed E-state index contributed by atoms with van der Waals surface area (Å²) in [5.41, 5.74) is 0. The topological polar surface area (TPSA) is 91.3 Å². The van der Waals surface area contributed by atoms with Crippen molar-refractivity contribution in [2.45, 2.75) is 4.90 Å². The Labute approximate surface area is 171 Å². The molecule has 0 fully saturated rings. The number of benzene rings is 3. The highest BCUT2D eigenvalue weighted by molar-refractivity contribution is 7.90. The molecule has 3 rings (SSSR count). The number of alkyl halides is 1. The Morgan fingerprint density at radius 1 is 0.724 bits per heavy atom. The maximum absolute atomic E-state index is 11.7. The van der Waals surface area contributed by atoms with Gasteiger partial charge in [-0.05, 0) is 48.5 Å². The lowest BCUT2D eigenvalue weighted by Crippen LogP contribution is -2.20. The van der Waals surface area contributed by atoms with E-state index in [9.17, 15) is 12.8 Å². The molecule has 154 valence electrons. The SMILES string of the molecule is CS(=O)(=O)c1ccc([PH+](c2ccccc2)c2ccccc2)cc1.O=S(=O)([O-])CF. The molecule has 0 radical (unpaired) electrons. The maximum atomic E-state index is 11.7. The second-order valence-electron chi connectivity index (χ2n) is 6.07. The first-order valence-electron chi connectivity index (χ1n) is 8.39. The zero-order valence-corrected chi connectivity index (χ0v) is 18.2. The van der Waals surface area contributed by atoms with Crippen molar-refractivity contribution in [3.05, 3.63) is 84.9 Å². The van der Waals surface area contributed by atoms with Gasteiger partial charge in [0.15, 0.2) is 15.8 Å². The van der Waals surface area contributed by atoms with Crippen LogP contribution < -0.4 is 15.9 Å². The van der Waals surface area contributed by atoms with Crippen LogP contribution in [0, 0.1) is 0 Å². The molecule has 0 aromatic heterocycles. The molecule has 29 heavy (non-hydrogen) atoms.